The standard InChI is InChI=1S/C26H29F2N7O2.C2HF3O2/c1-15-13-16(24(36)34(4)5)9-10-17(15)21-18-14-30-26(37)35(22-19(27)7-6-8-20(22)28)23(18)32-25(31-21)29-11-12-33(2)3;3-2(4,5)1(6)7/h6-10,13H,11-12,14H2,1-5H3,(H,30,37)(H,29,31,32);(H,6,7). The number of carboxylic acids is 1. The number of halogens is 5. The Labute approximate surface area is 249 Å². The highest BCUT2D eigenvalue weighted by Crippen LogP contribution is 2.39. The molecule has 3 amide bonds. The fourth-order valence-electron chi connectivity index (χ4n) is 4.08. The number of urea groups is 1. The van der Waals surface area contributed by atoms with Crippen molar-refractivity contribution in [3.63, 3.8) is 0 Å². The minimum atomic E-state index is -5.08. The SMILES string of the molecule is Cc1cc(C(=O)N(C)C)ccc1-c1nc(NCCN(C)C)nc2c1CNC(=O)N2c1c(F)cccc1F.O=C(O)C(F)(F)F. The van der Waals surface area contributed by atoms with Gasteiger partial charge in [-0.15, -0.1) is 0 Å². The van der Waals surface area contributed by atoms with E-state index in [9.17, 15) is 31.5 Å². The van der Waals surface area contributed by atoms with Gasteiger partial charge in [0.05, 0.1) is 12.2 Å². The zero-order valence-electron chi connectivity index (χ0n) is 24.4. The predicted molar refractivity (Wildman–Crippen MR) is 152 cm³/mol. The molecule has 0 spiro atoms. The van der Waals surface area contributed by atoms with Gasteiger partial charge in [-0.1, -0.05) is 12.1 Å². The number of carboxylic acid groups (broad SMARTS) is 1. The molecule has 44 heavy (non-hydrogen) atoms. The summed E-state index contributed by atoms with van der Waals surface area (Å²) in [4.78, 5) is 47.9. The summed E-state index contributed by atoms with van der Waals surface area (Å²) >= 11 is 0. The molecular weight excluding hydrogens is 593 g/mol. The van der Waals surface area contributed by atoms with Crippen molar-refractivity contribution in [2.24, 2.45) is 0 Å². The number of carbonyl (C=O) groups is 3. The lowest BCUT2D eigenvalue weighted by Crippen LogP contribution is -2.43. The summed E-state index contributed by atoms with van der Waals surface area (Å²) in [5.74, 6) is -4.40. The van der Waals surface area contributed by atoms with Crippen LogP contribution in [0.15, 0.2) is 36.4 Å². The van der Waals surface area contributed by atoms with Crippen molar-refractivity contribution in [3.8, 4) is 11.3 Å². The van der Waals surface area contributed by atoms with Gasteiger partial charge in [0.2, 0.25) is 5.95 Å². The van der Waals surface area contributed by atoms with Crippen LogP contribution in [0.4, 0.5) is 44.2 Å². The number of aromatic nitrogens is 2. The smallest absolute Gasteiger partial charge is 0.475 e. The number of rotatable bonds is 7. The number of aliphatic carboxylic acids is 1. The molecule has 11 nitrogen and oxygen atoms in total. The second-order valence-electron chi connectivity index (χ2n) is 10.0. The summed E-state index contributed by atoms with van der Waals surface area (Å²) in [6.07, 6.45) is -5.08. The summed E-state index contributed by atoms with van der Waals surface area (Å²) in [6, 6.07) is 7.95. The first-order chi connectivity index (χ1) is 20.5. The number of alkyl halides is 3. The van der Waals surface area contributed by atoms with Crippen molar-refractivity contribution in [2.75, 3.05) is 51.5 Å². The molecule has 2 heterocycles. The summed E-state index contributed by atoms with van der Waals surface area (Å²) in [7, 11) is 7.20. The maximum atomic E-state index is 14.8. The predicted octanol–water partition coefficient (Wildman–Crippen LogP) is 4.40. The van der Waals surface area contributed by atoms with Gasteiger partial charge in [-0.3, -0.25) is 4.79 Å². The number of fused-ring (bicyclic) bond motifs is 1. The molecule has 0 aliphatic carbocycles. The lowest BCUT2D eigenvalue weighted by atomic mass is 9.98. The van der Waals surface area contributed by atoms with Crippen molar-refractivity contribution in [1.29, 1.82) is 0 Å². The van der Waals surface area contributed by atoms with Crippen molar-refractivity contribution in [1.82, 2.24) is 25.1 Å². The summed E-state index contributed by atoms with van der Waals surface area (Å²) < 4.78 is 61.3. The van der Waals surface area contributed by atoms with E-state index in [0.29, 0.717) is 35.5 Å². The van der Waals surface area contributed by atoms with Crippen LogP contribution in [0.1, 0.15) is 21.5 Å². The quantitative estimate of drug-likeness (QED) is 0.330. The van der Waals surface area contributed by atoms with E-state index < -0.39 is 35.5 Å². The summed E-state index contributed by atoms with van der Waals surface area (Å²) in [6.45, 7) is 3.10. The minimum Gasteiger partial charge on any atom is -0.475 e. The highest BCUT2D eigenvalue weighted by Gasteiger charge is 2.38. The second-order valence-corrected chi connectivity index (χ2v) is 10.0. The topological polar surface area (TPSA) is 131 Å². The average Bonchev–Trinajstić information content (AvgIpc) is 2.92. The molecule has 0 saturated carbocycles. The normalized spacial score (nSPS) is 12.6. The number of hydrogen-bond donors (Lipinski definition) is 3. The van der Waals surface area contributed by atoms with Crippen LogP contribution in [0.2, 0.25) is 0 Å². The van der Waals surface area contributed by atoms with E-state index >= 15 is 0 Å². The monoisotopic (exact) mass is 623 g/mol. The summed E-state index contributed by atoms with van der Waals surface area (Å²) in [5, 5.41) is 12.9. The van der Waals surface area contributed by atoms with E-state index in [1.165, 1.54) is 11.0 Å². The third-order valence-corrected chi connectivity index (χ3v) is 6.20. The van der Waals surface area contributed by atoms with Gasteiger partial charge < -0.3 is 25.5 Å². The number of carbonyl (C=O) groups excluding carboxylic acids is 2. The molecule has 0 saturated heterocycles. The number of aryl methyl sites for hydroxylation is 1. The Morgan fingerprint density at radius 2 is 1.68 bits per heavy atom. The van der Waals surface area contributed by atoms with Crippen LogP contribution in [0, 0.1) is 18.6 Å². The first-order valence-corrected chi connectivity index (χ1v) is 13.0. The molecule has 3 N–H and O–H groups in total. The Kier molecular flexibility index (Phi) is 10.4. The van der Waals surface area contributed by atoms with Gasteiger partial charge in [-0.2, -0.15) is 18.2 Å². The van der Waals surface area contributed by atoms with Gasteiger partial charge in [0, 0.05) is 43.9 Å². The molecule has 2 aromatic carbocycles. The molecule has 4 rings (SSSR count). The lowest BCUT2D eigenvalue weighted by Gasteiger charge is -2.31. The molecule has 16 heteroatoms. The van der Waals surface area contributed by atoms with E-state index in [1.54, 1.807) is 32.3 Å². The Morgan fingerprint density at radius 3 is 2.20 bits per heavy atom. The van der Waals surface area contributed by atoms with Crippen LogP contribution in [-0.2, 0) is 11.3 Å². The van der Waals surface area contributed by atoms with Crippen LogP contribution in [0.25, 0.3) is 11.3 Å². The first-order valence-electron chi connectivity index (χ1n) is 13.0. The van der Waals surface area contributed by atoms with Crippen molar-refractivity contribution < 1.29 is 41.4 Å². The number of benzene rings is 2. The molecule has 0 atom stereocenters. The first kappa shape index (κ1) is 33.6. The second kappa shape index (κ2) is 13.6. The highest BCUT2D eigenvalue weighted by atomic mass is 19.4. The molecule has 1 aromatic heterocycles. The number of likely N-dealkylation sites (N-methyl/N-ethyl adjacent to an activating group) is 1. The molecule has 0 unspecified atom stereocenters. The van der Waals surface area contributed by atoms with E-state index in [0.717, 1.165) is 22.6 Å². The highest BCUT2D eigenvalue weighted by molar-refractivity contribution is 6.02. The van der Waals surface area contributed by atoms with Gasteiger partial charge in [0.1, 0.15) is 17.3 Å². The number of nitrogens with zero attached hydrogens (tertiary/aromatic N) is 5. The average molecular weight is 624 g/mol. The van der Waals surface area contributed by atoms with Crippen LogP contribution >= 0.6 is 0 Å². The van der Waals surface area contributed by atoms with Gasteiger partial charge in [0.25, 0.3) is 5.91 Å². The van der Waals surface area contributed by atoms with Gasteiger partial charge in [-0.25, -0.2) is 28.3 Å². The Morgan fingerprint density at radius 1 is 1.07 bits per heavy atom. The van der Waals surface area contributed by atoms with Gasteiger partial charge in [-0.05, 0) is 50.8 Å². The number of para-hydroxylation sites is 1. The maximum absolute atomic E-state index is 14.8. The summed E-state index contributed by atoms with van der Waals surface area (Å²) in [5.41, 5.74) is 2.45. The Hall–Kier alpha value is -4.86. The van der Waals surface area contributed by atoms with E-state index in [4.69, 9.17) is 14.9 Å². The number of nitrogens with one attached hydrogen (secondary N) is 2. The van der Waals surface area contributed by atoms with Crippen LogP contribution in [-0.4, -0.2) is 90.2 Å². The molecule has 3 aromatic rings. The third-order valence-electron chi connectivity index (χ3n) is 6.20. The minimum absolute atomic E-state index is 0.0614. The molecule has 0 fully saturated rings. The molecule has 1 aliphatic rings. The van der Waals surface area contributed by atoms with Crippen molar-refractivity contribution in [3.05, 3.63) is 64.7 Å². The Balaban J connectivity index is 0.000000676. The van der Waals surface area contributed by atoms with Crippen molar-refractivity contribution >= 4 is 35.4 Å². The van der Waals surface area contributed by atoms with Gasteiger partial charge in [0.15, 0.2) is 5.82 Å². The van der Waals surface area contributed by atoms with Crippen LogP contribution < -0.4 is 15.5 Å². The van der Waals surface area contributed by atoms with Gasteiger partial charge >= 0.3 is 18.2 Å². The maximum Gasteiger partial charge on any atom is 0.490 e. The molecule has 236 valence electrons. The van der Waals surface area contributed by atoms with E-state index in [2.05, 4.69) is 15.6 Å². The van der Waals surface area contributed by atoms with Crippen LogP contribution in [0.3, 0.4) is 0 Å². The Bertz CT molecular complexity index is 1540. The number of hydrogen-bond acceptors (Lipinski definition) is 7. The molecular formula is C28H30F5N7O4. The number of amides is 3. The lowest BCUT2D eigenvalue weighted by molar-refractivity contribution is -0.192. The van der Waals surface area contributed by atoms with Crippen LogP contribution in [0.5, 0.6) is 0 Å². The van der Waals surface area contributed by atoms with E-state index in [1.807, 2.05) is 25.9 Å². The molecule has 0 radical (unpaired) electrons. The number of anilines is 3. The molecule has 1 aliphatic heterocycles. The third kappa shape index (κ3) is 7.75. The van der Waals surface area contributed by atoms with E-state index in [-0.39, 0.29) is 24.2 Å². The fraction of sp³-hybridized carbons (Fsp3) is 0.321. The van der Waals surface area contributed by atoms with Crippen molar-refractivity contribution in [2.45, 2.75) is 19.6 Å². The zero-order valence-corrected chi connectivity index (χ0v) is 24.4. The zero-order chi connectivity index (χ0) is 32.9. The largest absolute Gasteiger partial charge is 0.490 e. The molecule has 0 bridgehead atoms. The fourth-order valence-corrected chi connectivity index (χ4v) is 4.08.